The van der Waals surface area contributed by atoms with Gasteiger partial charge in [0.25, 0.3) is 0 Å². The Hall–Kier alpha value is -1.20. The van der Waals surface area contributed by atoms with Gasteiger partial charge in [-0.1, -0.05) is 6.92 Å². The number of guanidine groups is 1. The highest BCUT2D eigenvalue weighted by Gasteiger charge is 1.94. The zero-order valence-electron chi connectivity index (χ0n) is 8.73. The topological polar surface area (TPSA) is 76.4 Å². The number of nitrogens with two attached hydrogens (primary N) is 2. The predicted octanol–water partition coefficient (Wildman–Crippen LogP) is 1.60. The van der Waals surface area contributed by atoms with Crippen LogP contribution in [0.2, 0.25) is 0 Å². The van der Waals surface area contributed by atoms with E-state index in [0.717, 1.165) is 23.5 Å². The molecule has 0 saturated heterocycles. The molecule has 1 aromatic carbocycles. The fourth-order valence-corrected chi connectivity index (χ4v) is 1.72. The van der Waals surface area contributed by atoms with Crippen LogP contribution in [0, 0.1) is 0 Å². The zero-order valence-corrected chi connectivity index (χ0v) is 9.55. The molecule has 0 bridgehead atoms. The van der Waals surface area contributed by atoms with Crippen LogP contribution in [-0.4, -0.2) is 12.5 Å². The molecule has 0 radical (unpaired) electrons. The van der Waals surface area contributed by atoms with E-state index >= 15 is 0 Å². The Morgan fingerprint density at radius 3 is 2.53 bits per heavy atom. The van der Waals surface area contributed by atoms with Crippen molar-refractivity contribution < 1.29 is 0 Å². The van der Waals surface area contributed by atoms with Crippen molar-refractivity contribution in [2.75, 3.05) is 6.54 Å². The lowest BCUT2D eigenvalue weighted by molar-refractivity contribution is 0.877. The van der Waals surface area contributed by atoms with Crippen LogP contribution in [0.25, 0.3) is 0 Å². The monoisotopic (exact) mass is 224 g/mol. The fourth-order valence-electron chi connectivity index (χ4n) is 0.974. The Labute approximate surface area is 94.3 Å². The van der Waals surface area contributed by atoms with Gasteiger partial charge in [0.1, 0.15) is 0 Å². The number of benzene rings is 1. The van der Waals surface area contributed by atoms with E-state index in [1.54, 1.807) is 11.9 Å². The highest BCUT2D eigenvalue weighted by atomic mass is 32.2. The van der Waals surface area contributed by atoms with Crippen LogP contribution in [0.5, 0.6) is 0 Å². The van der Waals surface area contributed by atoms with E-state index in [9.17, 15) is 0 Å². The van der Waals surface area contributed by atoms with Crippen LogP contribution < -0.4 is 16.2 Å². The second kappa shape index (κ2) is 6.31. The van der Waals surface area contributed by atoms with E-state index < -0.39 is 0 Å². The smallest absolute Gasteiger partial charge is 0.191 e. The first-order chi connectivity index (χ1) is 7.22. The summed E-state index contributed by atoms with van der Waals surface area (Å²) in [5.74, 6) is 0.0829. The lowest BCUT2D eigenvalue weighted by atomic mass is 10.3. The van der Waals surface area contributed by atoms with Gasteiger partial charge in [-0.3, -0.25) is 4.72 Å². The molecule has 0 unspecified atom stereocenters. The molecule has 0 spiro atoms. The number of nitrogens with zero attached hydrogens (tertiary/aromatic N) is 1. The second-order valence-corrected chi connectivity index (χ2v) is 3.99. The molecule has 0 saturated carbocycles. The summed E-state index contributed by atoms with van der Waals surface area (Å²) in [6.07, 6.45) is 1.12. The number of hydrogen-bond donors (Lipinski definition) is 3. The van der Waals surface area contributed by atoms with Crippen molar-refractivity contribution in [3.05, 3.63) is 24.3 Å². The molecule has 0 aliphatic carbocycles. The quantitative estimate of drug-likeness (QED) is 0.307. The molecule has 0 heterocycles. The summed E-state index contributed by atoms with van der Waals surface area (Å²) >= 11 is 1.61. The lowest BCUT2D eigenvalue weighted by Crippen LogP contribution is -2.21. The van der Waals surface area contributed by atoms with Gasteiger partial charge in [0.05, 0.1) is 5.69 Å². The molecule has 0 aliphatic rings. The molecular formula is C10H16N4S. The zero-order chi connectivity index (χ0) is 11.1. The molecule has 15 heavy (non-hydrogen) atoms. The maximum Gasteiger partial charge on any atom is 0.191 e. The Morgan fingerprint density at radius 1 is 1.33 bits per heavy atom. The minimum atomic E-state index is 0.0829. The van der Waals surface area contributed by atoms with E-state index in [1.165, 1.54) is 0 Å². The third-order valence-electron chi connectivity index (χ3n) is 1.64. The van der Waals surface area contributed by atoms with Gasteiger partial charge in [-0.15, -0.1) is 0 Å². The molecule has 1 aromatic rings. The molecule has 0 aliphatic heterocycles. The van der Waals surface area contributed by atoms with Crippen molar-refractivity contribution in [1.29, 1.82) is 0 Å². The van der Waals surface area contributed by atoms with Gasteiger partial charge in [0, 0.05) is 11.4 Å². The number of rotatable bonds is 5. The van der Waals surface area contributed by atoms with Crippen LogP contribution in [0.15, 0.2) is 34.2 Å². The van der Waals surface area contributed by atoms with Gasteiger partial charge >= 0.3 is 0 Å². The van der Waals surface area contributed by atoms with Gasteiger partial charge in [-0.2, -0.15) is 0 Å². The molecule has 82 valence electrons. The number of nitrogens with one attached hydrogen (secondary N) is 1. The molecule has 0 amide bonds. The molecule has 5 N–H and O–H groups in total. The highest BCUT2D eigenvalue weighted by molar-refractivity contribution is 7.97. The molecule has 5 heteroatoms. The second-order valence-electron chi connectivity index (χ2n) is 3.03. The fraction of sp³-hybridized carbons (Fsp3) is 0.300. The van der Waals surface area contributed by atoms with Crippen LogP contribution in [0.1, 0.15) is 13.3 Å². The summed E-state index contributed by atoms with van der Waals surface area (Å²) in [5, 5.41) is 0. The molecule has 0 atom stereocenters. The van der Waals surface area contributed by atoms with Crippen molar-refractivity contribution in [3.8, 4) is 0 Å². The maximum absolute atomic E-state index is 5.27. The Morgan fingerprint density at radius 2 is 2.00 bits per heavy atom. The molecule has 4 nitrogen and oxygen atoms in total. The average Bonchev–Trinajstić information content (AvgIpc) is 2.20. The minimum absolute atomic E-state index is 0.0829. The van der Waals surface area contributed by atoms with Gasteiger partial charge in [-0.05, 0) is 42.6 Å². The summed E-state index contributed by atoms with van der Waals surface area (Å²) in [6.45, 7) is 3.13. The van der Waals surface area contributed by atoms with Crippen molar-refractivity contribution in [2.24, 2.45) is 16.5 Å². The molecular weight excluding hydrogens is 208 g/mol. The van der Waals surface area contributed by atoms with E-state index in [-0.39, 0.29) is 5.96 Å². The van der Waals surface area contributed by atoms with Gasteiger partial charge in [-0.25, -0.2) is 4.99 Å². The van der Waals surface area contributed by atoms with Gasteiger partial charge < -0.3 is 11.5 Å². The standard InChI is InChI=1S/C10H16N4S/c1-2-7-13-15-9-5-3-8(4-6-9)14-10(11)12/h3-6,13H,2,7H2,1H3,(H4,11,12,14). The third kappa shape index (κ3) is 4.71. The Bertz CT molecular complexity index is 317. The summed E-state index contributed by atoms with van der Waals surface area (Å²) in [5.41, 5.74) is 11.3. The van der Waals surface area contributed by atoms with Crippen molar-refractivity contribution in [2.45, 2.75) is 18.2 Å². The molecule has 0 fully saturated rings. The summed E-state index contributed by atoms with van der Waals surface area (Å²) in [7, 11) is 0. The van der Waals surface area contributed by atoms with Crippen LogP contribution in [0.4, 0.5) is 5.69 Å². The summed E-state index contributed by atoms with van der Waals surface area (Å²) in [4.78, 5) is 5.09. The first kappa shape index (κ1) is 11.9. The predicted molar refractivity (Wildman–Crippen MR) is 66.1 cm³/mol. The van der Waals surface area contributed by atoms with Crippen molar-refractivity contribution in [1.82, 2.24) is 4.72 Å². The normalized spacial score (nSPS) is 9.93. The average molecular weight is 224 g/mol. The maximum atomic E-state index is 5.27. The summed E-state index contributed by atoms with van der Waals surface area (Å²) in [6, 6.07) is 7.73. The number of hydrogen-bond acceptors (Lipinski definition) is 3. The van der Waals surface area contributed by atoms with Crippen molar-refractivity contribution >= 4 is 23.6 Å². The molecule has 0 aromatic heterocycles. The van der Waals surface area contributed by atoms with Gasteiger partial charge in [0.15, 0.2) is 5.96 Å². The Balaban J connectivity index is 2.53. The van der Waals surface area contributed by atoms with E-state index in [2.05, 4.69) is 16.6 Å². The van der Waals surface area contributed by atoms with Crippen LogP contribution in [-0.2, 0) is 0 Å². The lowest BCUT2D eigenvalue weighted by Gasteiger charge is -2.02. The molecule has 1 rings (SSSR count). The first-order valence-electron chi connectivity index (χ1n) is 4.81. The first-order valence-corrected chi connectivity index (χ1v) is 5.63. The van der Waals surface area contributed by atoms with E-state index in [4.69, 9.17) is 11.5 Å². The Kier molecular flexibility index (Phi) is 5.00. The van der Waals surface area contributed by atoms with Crippen LogP contribution in [0.3, 0.4) is 0 Å². The largest absolute Gasteiger partial charge is 0.370 e. The SMILES string of the molecule is CCCNSc1ccc(N=C(N)N)cc1. The highest BCUT2D eigenvalue weighted by Crippen LogP contribution is 2.19. The minimum Gasteiger partial charge on any atom is -0.370 e. The van der Waals surface area contributed by atoms with Gasteiger partial charge in [0.2, 0.25) is 0 Å². The third-order valence-corrected chi connectivity index (χ3v) is 2.49. The van der Waals surface area contributed by atoms with E-state index in [0.29, 0.717) is 0 Å². The van der Waals surface area contributed by atoms with E-state index in [1.807, 2.05) is 24.3 Å². The van der Waals surface area contributed by atoms with Crippen LogP contribution >= 0.6 is 11.9 Å². The number of aliphatic imine (C=N–C) groups is 1. The summed E-state index contributed by atoms with van der Waals surface area (Å²) < 4.78 is 3.24. The van der Waals surface area contributed by atoms with Crippen molar-refractivity contribution in [3.63, 3.8) is 0 Å².